The molecule has 0 fully saturated rings. The van der Waals surface area contributed by atoms with Crippen LogP contribution in [0.5, 0.6) is 5.75 Å². The zero-order valence-corrected chi connectivity index (χ0v) is 11.5. The number of ether oxygens (including phenoxy) is 1. The van der Waals surface area contributed by atoms with Crippen LogP contribution in [0.25, 0.3) is 11.1 Å². The fourth-order valence-corrected chi connectivity index (χ4v) is 1.99. The average molecular weight is 290 g/mol. The van der Waals surface area contributed by atoms with Crippen LogP contribution < -0.4 is 4.74 Å². The van der Waals surface area contributed by atoms with Gasteiger partial charge in [-0.05, 0) is 36.6 Å². The van der Waals surface area contributed by atoms with Gasteiger partial charge in [-0.2, -0.15) is 4.39 Å². The molecule has 0 bridgehead atoms. The standard InChI is InChI=1S/C17H16F2O.CH4/c1-3-4-5-12-6-8-13(9-7-12)14-10-11-15(20-2)17(19)16(14)18;/h3-4,6-11H,5H2,1-2H3;1H4. The number of allylic oxidation sites excluding steroid dienone is 2. The fraction of sp³-hybridized carbons (Fsp3) is 0.222. The van der Waals surface area contributed by atoms with Gasteiger partial charge in [-0.1, -0.05) is 43.8 Å². The number of hydrogen-bond acceptors (Lipinski definition) is 1. The first kappa shape index (κ1) is 16.9. The molecule has 0 unspecified atom stereocenters. The molecular formula is C18H20F2O. The molecule has 21 heavy (non-hydrogen) atoms. The van der Waals surface area contributed by atoms with Crippen LogP contribution in [-0.4, -0.2) is 7.11 Å². The second-order valence-electron chi connectivity index (χ2n) is 4.41. The largest absolute Gasteiger partial charge is 0.494 e. The minimum atomic E-state index is -0.956. The molecule has 0 aliphatic heterocycles. The molecule has 1 nitrogen and oxygen atoms in total. The van der Waals surface area contributed by atoms with Gasteiger partial charge in [0.15, 0.2) is 11.6 Å². The number of methoxy groups -OCH3 is 1. The monoisotopic (exact) mass is 290 g/mol. The van der Waals surface area contributed by atoms with Crippen molar-refractivity contribution >= 4 is 0 Å². The third-order valence-electron chi connectivity index (χ3n) is 3.12. The van der Waals surface area contributed by atoms with Crippen molar-refractivity contribution in [3.63, 3.8) is 0 Å². The summed E-state index contributed by atoms with van der Waals surface area (Å²) in [6.45, 7) is 1.96. The maximum Gasteiger partial charge on any atom is 0.201 e. The molecule has 0 amide bonds. The molecule has 0 heterocycles. The Morgan fingerprint density at radius 3 is 2.24 bits per heavy atom. The van der Waals surface area contributed by atoms with Crippen LogP contribution in [0, 0.1) is 11.6 Å². The molecule has 0 aliphatic rings. The summed E-state index contributed by atoms with van der Waals surface area (Å²) in [5, 5.41) is 0. The highest BCUT2D eigenvalue weighted by molar-refractivity contribution is 5.65. The Bertz CT molecular complexity index is 616. The molecule has 0 radical (unpaired) electrons. The van der Waals surface area contributed by atoms with Crippen LogP contribution in [0.15, 0.2) is 48.6 Å². The van der Waals surface area contributed by atoms with Crippen LogP contribution in [-0.2, 0) is 6.42 Å². The maximum absolute atomic E-state index is 14.0. The lowest BCUT2D eigenvalue weighted by Gasteiger charge is -2.08. The van der Waals surface area contributed by atoms with Crippen molar-refractivity contribution in [1.82, 2.24) is 0 Å². The highest BCUT2D eigenvalue weighted by atomic mass is 19.2. The van der Waals surface area contributed by atoms with E-state index >= 15 is 0 Å². The minimum Gasteiger partial charge on any atom is -0.494 e. The van der Waals surface area contributed by atoms with E-state index < -0.39 is 11.6 Å². The Hall–Kier alpha value is -2.16. The lowest BCUT2D eigenvalue weighted by Crippen LogP contribution is -1.95. The maximum atomic E-state index is 14.0. The predicted octanol–water partition coefficient (Wildman–Crippen LogP) is 5.40. The van der Waals surface area contributed by atoms with Crippen molar-refractivity contribution < 1.29 is 13.5 Å². The van der Waals surface area contributed by atoms with Gasteiger partial charge in [0.1, 0.15) is 0 Å². The normalized spacial score (nSPS) is 10.5. The van der Waals surface area contributed by atoms with E-state index in [1.807, 2.05) is 31.2 Å². The van der Waals surface area contributed by atoms with E-state index in [1.54, 1.807) is 12.1 Å². The van der Waals surface area contributed by atoms with Crippen molar-refractivity contribution in [1.29, 1.82) is 0 Å². The second-order valence-corrected chi connectivity index (χ2v) is 4.41. The summed E-state index contributed by atoms with van der Waals surface area (Å²) in [6, 6.07) is 10.4. The van der Waals surface area contributed by atoms with E-state index in [2.05, 4.69) is 0 Å². The van der Waals surface area contributed by atoms with Gasteiger partial charge in [0.25, 0.3) is 0 Å². The zero-order valence-electron chi connectivity index (χ0n) is 11.5. The highest BCUT2D eigenvalue weighted by Gasteiger charge is 2.14. The van der Waals surface area contributed by atoms with Crippen molar-refractivity contribution in [3.8, 4) is 16.9 Å². The molecule has 0 spiro atoms. The minimum absolute atomic E-state index is 0. The molecule has 2 aromatic rings. The molecule has 0 saturated carbocycles. The lowest BCUT2D eigenvalue weighted by molar-refractivity contribution is 0.372. The predicted molar refractivity (Wildman–Crippen MR) is 83.6 cm³/mol. The van der Waals surface area contributed by atoms with Crippen molar-refractivity contribution in [2.24, 2.45) is 0 Å². The lowest BCUT2D eigenvalue weighted by atomic mass is 10.0. The molecule has 0 N–H and O–H groups in total. The Morgan fingerprint density at radius 2 is 1.67 bits per heavy atom. The SMILES string of the molecule is C.CC=CCc1ccc(-c2ccc(OC)c(F)c2F)cc1. The van der Waals surface area contributed by atoms with E-state index in [4.69, 9.17) is 4.74 Å². The number of rotatable bonds is 4. The van der Waals surface area contributed by atoms with Crippen molar-refractivity contribution in [3.05, 3.63) is 65.7 Å². The van der Waals surface area contributed by atoms with Gasteiger partial charge in [-0.3, -0.25) is 0 Å². The first-order valence-electron chi connectivity index (χ1n) is 6.39. The van der Waals surface area contributed by atoms with Gasteiger partial charge in [-0.15, -0.1) is 0 Å². The number of halogens is 2. The molecule has 0 aliphatic carbocycles. The highest BCUT2D eigenvalue weighted by Crippen LogP contribution is 2.29. The number of hydrogen-bond donors (Lipinski definition) is 0. The van der Waals surface area contributed by atoms with Crippen molar-refractivity contribution in [2.45, 2.75) is 20.8 Å². The van der Waals surface area contributed by atoms with Gasteiger partial charge < -0.3 is 4.74 Å². The number of benzene rings is 2. The van der Waals surface area contributed by atoms with Crippen LogP contribution in [0.2, 0.25) is 0 Å². The Kier molecular flexibility index (Phi) is 6.10. The summed E-state index contributed by atoms with van der Waals surface area (Å²) in [5.41, 5.74) is 2.01. The molecule has 3 heteroatoms. The first-order valence-corrected chi connectivity index (χ1v) is 6.39. The smallest absolute Gasteiger partial charge is 0.201 e. The summed E-state index contributed by atoms with van der Waals surface area (Å²) in [4.78, 5) is 0. The van der Waals surface area contributed by atoms with E-state index in [0.717, 1.165) is 12.0 Å². The van der Waals surface area contributed by atoms with Gasteiger partial charge in [0, 0.05) is 5.56 Å². The molecule has 0 atom stereocenters. The first-order chi connectivity index (χ1) is 9.67. The zero-order chi connectivity index (χ0) is 14.5. The van der Waals surface area contributed by atoms with Crippen LogP contribution in [0.4, 0.5) is 8.78 Å². The topological polar surface area (TPSA) is 9.23 Å². The Labute approximate surface area is 124 Å². The van der Waals surface area contributed by atoms with Gasteiger partial charge in [0.05, 0.1) is 7.11 Å². The molecule has 2 aromatic carbocycles. The Morgan fingerprint density at radius 1 is 1.00 bits per heavy atom. The van der Waals surface area contributed by atoms with Crippen LogP contribution in [0.1, 0.15) is 19.9 Å². The summed E-state index contributed by atoms with van der Waals surface area (Å²) in [6.07, 6.45) is 4.85. The summed E-state index contributed by atoms with van der Waals surface area (Å²) in [7, 11) is 1.31. The molecule has 0 aromatic heterocycles. The summed E-state index contributed by atoms with van der Waals surface area (Å²) >= 11 is 0. The summed E-state index contributed by atoms with van der Waals surface area (Å²) < 4.78 is 32.4. The average Bonchev–Trinajstić information content (AvgIpc) is 2.48. The third-order valence-corrected chi connectivity index (χ3v) is 3.12. The van der Waals surface area contributed by atoms with Gasteiger partial charge in [0.2, 0.25) is 5.82 Å². The third kappa shape index (κ3) is 3.69. The van der Waals surface area contributed by atoms with Crippen molar-refractivity contribution in [2.75, 3.05) is 7.11 Å². The van der Waals surface area contributed by atoms with E-state index in [0.29, 0.717) is 5.56 Å². The molecule has 2 rings (SSSR count). The summed E-state index contributed by atoms with van der Waals surface area (Å²) in [5.74, 6) is -1.93. The van der Waals surface area contributed by atoms with Crippen LogP contribution >= 0.6 is 0 Å². The molecular weight excluding hydrogens is 270 g/mol. The van der Waals surface area contributed by atoms with Gasteiger partial charge >= 0.3 is 0 Å². The second kappa shape index (κ2) is 7.58. The van der Waals surface area contributed by atoms with E-state index in [9.17, 15) is 8.78 Å². The molecule has 0 saturated heterocycles. The van der Waals surface area contributed by atoms with Gasteiger partial charge in [-0.25, -0.2) is 4.39 Å². The fourth-order valence-electron chi connectivity index (χ4n) is 1.99. The van der Waals surface area contributed by atoms with E-state index in [-0.39, 0.29) is 18.7 Å². The molecule has 112 valence electrons. The van der Waals surface area contributed by atoms with E-state index in [1.165, 1.54) is 19.2 Å². The van der Waals surface area contributed by atoms with Crippen LogP contribution in [0.3, 0.4) is 0 Å². The Balaban J connectivity index is 0.00000220. The quantitative estimate of drug-likeness (QED) is 0.685.